The number of benzene rings is 2. The van der Waals surface area contributed by atoms with E-state index in [1.807, 2.05) is 49.4 Å². The number of rotatable bonds is 6. The van der Waals surface area contributed by atoms with Gasteiger partial charge in [0.05, 0.1) is 11.8 Å². The van der Waals surface area contributed by atoms with Crippen LogP contribution in [0.5, 0.6) is 11.5 Å². The zero-order chi connectivity index (χ0) is 16.8. The molecule has 1 aliphatic rings. The molecular formula is C19H21NO3S. The lowest BCUT2D eigenvalue weighted by molar-refractivity contribution is -0.120. The topological polar surface area (TPSA) is 47.6 Å². The molecule has 2 atom stereocenters. The molecule has 5 heteroatoms. The fourth-order valence-electron chi connectivity index (χ4n) is 2.39. The Bertz CT molecular complexity index is 677. The van der Waals surface area contributed by atoms with Crippen LogP contribution in [0, 0.1) is 0 Å². The summed E-state index contributed by atoms with van der Waals surface area (Å²) in [6.45, 7) is 2.82. The van der Waals surface area contributed by atoms with Crippen LogP contribution in [-0.4, -0.2) is 30.4 Å². The zero-order valence-electron chi connectivity index (χ0n) is 13.6. The van der Waals surface area contributed by atoms with Gasteiger partial charge >= 0.3 is 0 Å². The first-order chi connectivity index (χ1) is 11.7. The smallest absolute Gasteiger partial charge is 0.232 e. The summed E-state index contributed by atoms with van der Waals surface area (Å²) < 4.78 is 11.5. The van der Waals surface area contributed by atoms with Gasteiger partial charge in [-0.25, -0.2) is 0 Å². The van der Waals surface area contributed by atoms with Crippen molar-refractivity contribution in [1.82, 2.24) is 5.32 Å². The minimum atomic E-state index is -0.157. The van der Waals surface area contributed by atoms with Crippen molar-refractivity contribution in [2.45, 2.75) is 24.0 Å². The lowest BCUT2D eigenvalue weighted by Crippen LogP contribution is -2.42. The quantitative estimate of drug-likeness (QED) is 0.874. The van der Waals surface area contributed by atoms with E-state index in [9.17, 15) is 4.79 Å². The van der Waals surface area contributed by atoms with E-state index in [1.165, 1.54) is 5.56 Å². The number of fused-ring (bicyclic) bond motifs is 1. The standard InChI is InChI=1S/C19H21NO3S/c1-14(24-13-15-7-3-2-4-8-15)19(21)20-11-16-12-22-17-9-5-6-10-18(17)23-16/h2-10,14,16H,11-13H2,1H3,(H,20,21)/t14-,16+/m1/s1. The summed E-state index contributed by atoms with van der Waals surface area (Å²) in [5, 5.41) is 2.85. The number of amides is 1. The molecule has 126 valence electrons. The first-order valence-electron chi connectivity index (χ1n) is 8.04. The Morgan fingerprint density at radius 2 is 1.88 bits per heavy atom. The highest BCUT2D eigenvalue weighted by molar-refractivity contribution is 7.99. The van der Waals surface area contributed by atoms with Crippen molar-refractivity contribution in [2.75, 3.05) is 13.2 Å². The summed E-state index contributed by atoms with van der Waals surface area (Å²) in [5.41, 5.74) is 1.22. The van der Waals surface area contributed by atoms with Crippen LogP contribution in [0.3, 0.4) is 0 Å². The molecule has 0 radical (unpaired) electrons. The van der Waals surface area contributed by atoms with E-state index in [1.54, 1.807) is 11.8 Å². The summed E-state index contributed by atoms with van der Waals surface area (Å²) in [5.74, 6) is 2.34. The average molecular weight is 343 g/mol. The second kappa shape index (κ2) is 8.11. The normalized spacial score (nSPS) is 17.1. The highest BCUT2D eigenvalue weighted by Crippen LogP contribution is 2.30. The van der Waals surface area contributed by atoms with Crippen LogP contribution in [0.25, 0.3) is 0 Å². The van der Waals surface area contributed by atoms with Crippen molar-refractivity contribution in [3.63, 3.8) is 0 Å². The third-order valence-corrected chi connectivity index (χ3v) is 5.00. The lowest BCUT2D eigenvalue weighted by Gasteiger charge is -2.26. The van der Waals surface area contributed by atoms with Crippen molar-refractivity contribution in [3.05, 3.63) is 60.2 Å². The molecule has 0 bridgehead atoms. The van der Waals surface area contributed by atoms with Gasteiger partial charge in [-0.05, 0) is 24.6 Å². The number of carbonyl (C=O) groups excluding carboxylic acids is 1. The molecule has 3 rings (SSSR count). The first-order valence-corrected chi connectivity index (χ1v) is 9.09. The van der Waals surface area contributed by atoms with Crippen LogP contribution in [0.1, 0.15) is 12.5 Å². The molecule has 0 aliphatic carbocycles. The Balaban J connectivity index is 1.42. The van der Waals surface area contributed by atoms with E-state index >= 15 is 0 Å². The van der Waals surface area contributed by atoms with Crippen LogP contribution in [0.2, 0.25) is 0 Å². The number of thioether (sulfide) groups is 1. The number of ether oxygens (including phenoxy) is 2. The van der Waals surface area contributed by atoms with Gasteiger partial charge in [0.1, 0.15) is 12.7 Å². The maximum Gasteiger partial charge on any atom is 0.232 e. The van der Waals surface area contributed by atoms with Crippen LogP contribution in [0.4, 0.5) is 0 Å². The first kappa shape index (κ1) is 16.7. The largest absolute Gasteiger partial charge is 0.486 e. The highest BCUT2D eigenvalue weighted by Gasteiger charge is 2.22. The summed E-state index contributed by atoms with van der Waals surface area (Å²) >= 11 is 1.63. The van der Waals surface area contributed by atoms with Crippen LogP contribution >= 0.6 is 11.8 Å². The second-order valence-corrected chi connectivity index (χ2v) is 7.01. The molecule has 1 aliphatic heterocycles. The Kier molecular flexibility index (Phi) is 5.64. The molecule has 0 fully saturated rings. The van der Waals surface area contributed by atoms with Gasteiger partial charge in [-0.3, -0.25) is 4.79 Å². The second-order valence-electron chi connectivity index (χ2n) is 5.68. The fraction of sp³-hybridized carbons (Fsp3) is 0.316. The number of para-hydroxylation sites is 2. The van der Waals surface area contributed by atoms with E-state index < -0.39 is 0 Å². The minimum Gasteiger partial charge on any atom is -0.486 e. The van der Waals surface area contributed by atoms with E-state index in [2.05, 4.69) is 17.4 Å². The van der Waals surface area contributed by atoms with Gasteiger partial charge in [0.25, 0.3) is 0 Å². The predicted molar refractivity (Wildman–Crippen MR) is 96.6 cm³/mol. The maximum absolute atomic E-state index is 12.2. The zero-order valence-corrected chi connectivity index (χ0v) is 14.4. The molecule has 2 aromatic carbocycles. The maximum atomic E-state index is 12.2. The van der Waals surface area contributed by atoms with Gasteiger partial charge in [-0.15, -0.1) is 11.8 Å². The lowest BCUT2D eigenvalue weighted by atomic mass is 10.2. The van der Waals surface area contributed by atoms with E-state index in [4.69, 9.17) is 9.47 Å². The van der Waals surface area contributed by atoms with Crippen LogP contribution in [0.15, 0.2) is 54.6 Å². The van der Waals surface area contributed by atoms with Gasteiger partial charge in [-0.1, -0.05) is 42.5 Å². The molecule has 24 heavy (non-hydrogen) atoms. The number of hydrogen-bond acceptors (Lipinski definition) is 4. The Labute approximate surface area is 146 Å². The van der Waals surface area contributed by atoms with Crippen molar-refractivity contribution in [1.29, 1.82) is 0 Å². The van der Waals surface area contributed by atoms with Crippen LogP contribution in [-0.2, 0) is 10.5 Å². The molecule has 0 saturated heterocycles. The van der Waals surface area contributed by atoms with E-state index in [0.717, 1.165) is 17.3 Å². The monoisotopic (exact) mass is 343 g/mol. The van der Waals surface area contributed by atoms with Crippen molar-refractivity contribution in [3.8, 4) is 11.5 Å². The number of nitrogens with one attached hydrogen (secondary N) is 1. The Hall–Kier alpha value is -2.14. The minimum absolute atomic E-state index is 0.0263. The Morgan fingerprint density at radius 1 is 1.17 bits per heavy atom. The predicted octanol–water partition coefficient (Wildman–Crippen LogP) is 3.26. The van der Waals surface area contributed by atoms with Gasteiger partial charge in [-0.2, -0.15) is 0 Å². The van der Waals surface area contributed by atoms with E-state index in [0.29, 0.717) is 13.2 Å². The Morgan fingerprint density at radius 3 is 2.67 bits per heavy atom. The molecule has 0 unspecified atom stereocenters. The summed E-state index contributed by atoms with van der Waals surface area (Å²) in [4.78, 5) is 12.2. The summed E-state index contributed by atoms with van der Waals surface area (Å²) in [6, 6.07) is 17.7. The molecule has 1 heterocycles. The number of hydrogen-bond donors (Lipinski definition) is 1. The van der Waals surface area contributed by atoms with Crippen molar-refractivity contribution in [2.24, 2.45) is 0 Å². The average Bonchev–Trinajstić information content (AvgIpc) is 2.64. The fourth-order valence-corrected chi connectivity index (χ4v) is 3.26. The summed E-state index contributed by atoms with van der Waals surface area (Å²) in [7, 11) is 0. The van der Waals surface area contributed by atoms with E-state index in [-0.39, 0.29) is 17.3 Å². The van der Waals surface area contributed by atoms with Gasteiger partial charge < -0.3 is 14.8 Å². The molecule has 2 aromatic rings. The third-order valence-electron chi connectivity index (χ3n) is 3.78. The number of carbonyl (C=O) groups is 1. The SMILES string of the molecule is C[C@@H](SCc1ccccc1)C(=O)NC[C@H]1COc2ccccc2O1. The molecule has 0 spiro atoms. The van der Waals surface area contributed by atoms with Gasteiger partial charge in [0.2, 0.25) is 5.91 Å². The molecule has 1 N–H and O–H groups in total. The van der Waals surface area contributed by atoms with Crippen molar-refractivity contribution >= 4 is 17.7 Å². The molecule has 0 aromatic heterocycles. The van der Waals surface area contributed by atoms with Crippen LogP contribution < -0.4 is 14.8 Å². The molecular weight excluding hydrogens is 322 g/mol. The molecule has 4 nitrogen and oxygen atoms in total. The molecule has 1 amide bonds. The van der Waals surface area contributed by atoms with Gasteiger partial charge in [0.15, 0.2) is 11.5 Å². The summed E-state index contributed by atoms with van der Waals surface area (Å²) in [6.07, 6.45) is -0.157. The van der Waals surface area contributed by atoms with Crippen molar-refractivity contribution < 1.29 is 14.3 Å². The van der Waals surface area contributed by atoms with Gasteiger partial charge in [0, 0.05) is 5.75 Å². The molecule has 0 saturated carbocycles. The highest BCUT2D eigenvalue weighted by atomic mass is 32.2. The third kappa shape index (κ3) is 4.45.